The van der Waals surface area contributed by atoms with Gasteiger partial charge in [-0.05, 0) is 31.5 Å². The van der Waals surface area contributed by atoms with Gasteiger partial charge in [0.1, 0.15) is 13.2 Å². The molecule has 0 aliphatic carbocycles. The molecule has 1 fully saturated rings. The van der Waals surface area contributed by atoms with Crippen molar-refractivity contribution in [1.29, 1.82) is 0 Å². The number of likely N-dealkylation sites (N-methyl/N-ethyl adjacent to an activating group) is 1. The normalized spacial score (nSPS) is 20.3. The van der Waals surface area contributed by atoms with Crippen molar-refractivity contribution in [2.45, 2.75) is 18.9 Å². The number of para-hydroxylation sites is 1. The molecule has 1 N–H and O–H groups in total. The molecule has 6 heteroatoms. The van der Waals surface area contributed by atoms with Crippen LogP contribution in [0.4, 0.5) is 0 Å². The van der Waals surface area contributed by atoms with Crippen molar-refractivity contribution in [3.8, 4) is 11.5 Å². The number of nitrogens with one attached hydrogen (secondary N) is 1. The van der Waals surface area contributed by atoms with E-state index in [1.54, 1.807) is 0 Å². The van der Waals surface area contributed by atoms with E-state index in [2.05, 4.69) is 5.32 Å². The van der Waals surface area contributed by atoms with Crippen molar-refractivity contribution < 1.29 is 14.3 Å². The number of benzene rings is 1. The third-order valence-electron chi connectivity index (χ3n) is 3.94. The number of rotatable bonds is 2. The first-order valence-corrected chi connectivity index (χ1v) is 7.14. The molecule has 5 nitrogen and oxygen atoms in total. The molecule has 0 aromatic heterocycles. The van der Waals surface area contributed by atoms with Crippen LogP contribution >= 0.6 is 12.4 Å². The third kappa shape index (κ3) is 3.24. The monoisotopic (exact) mass is 312 g/mol. The van der Waals surface area contributed by atoms with E-state index in [9.17, 15) is 4.79 Å². The van der Waals surface area contributed by atoms with Crippen molar-refractivity contribution in [1.82, 2.24) is 10.2 Å². The summed E-state index contributed by atoms with van der Waals surface area (Å²) in [6.45, 7) is 2.92. The average molecular weight is 313 g/mol. The SMILES string of the molecule is CN(C(=O)c1cccc2c1OCCO2)[C@H]1CCCNC1.Cl. The molecule has 3 rings (SSSR count). The number of piperidine rings is 1. The maximum Gasteiger partial charge on any atom is 0.257 e. The summed E-state index contributed by atoms with van der Waals surface area (Å²) in [5, 5.41) is 3.33. The van der Waals surface area contributed by atoms with Crippen molar-refractivity contribution in [3.05, 3.63) is 23.8 Å². The molecule has 1 saturated heterocycles. The molecule has 0 spiro atoms. The molecule has 1 atom stereocenters. The standard InChI is InChI=1S/C15H20N2O3.ClH/c1-17(11-4-3-7-16-10-11)15(18)12-5-2-6-13-14(12)20-9-8-19-13;/h2,5-6,11,16H,3-4,7-10H2,1H3;1H/t11-;/m0./s1. The van der Waals surface area contributed by atoms with Gasteiger partial charge >= 0.3 is 0 Å². The second-order valence-corrected chi connectivity index (χ2v) is 5.25. The summed E-state index contributed by atoms with van der Waals surface area (Å²) in [5.74, 6) is 1.25. The molecular formula is C15H21ClN2O3. The predicted octanol–water partition coefficient (Wildman–Crippen LogP) is 1.70. The molecular weight excluding hydrogens is 292 g/mol. The van der Waals surface area contributed by atoms with E-state index in [0.717, 1.165) is 25.9 Å². The first-order valence-electron chi connectivity index (χ1n) is 7.14. The van der Waals surface area contributed by atoms with E-state index < -0.39 is 0 Å². The van der Waals surface area contributed by atoms with Crippen molar-refractivity contribution in [3.63, 3.8) is 0 Å². The molecule has 1 aromatic rings. The molecule has 116 valence electrons. The zero-order chi connectivity index (χ0) is 13.9. The maximum absolute atomic E-state index is 12.7. The number of carbonyl (C=O) groups excluding carboxylic acids is 1. The van der Waals surface area contributed by atoms with Crippen LogP contribution in [-0.4, -0.2) is 50.2 Å². The number of nitrogens with zero attached hydrogens (tertiary/aromatic N) is 1. The van der Waals surface area contributed by atoms with E-state index in [0.29, 0.717) is 30.3 Å². The van der Waals surface area contributed by atoms with Gasteiger partial charge in [-0.25, -0.2) is 0 Å². The van der Waals surface area contributed by atoms with Gasteiger partial charge in [-0.15, -0.1) is 12.4 Å². The Morgan fingerprint density at radius 1 is 1.33 bits per heavy atom. The molecule has 1 amide bonds. The van der Waals surface area contributed by atoms with E-state index in [-0.39, 0.29) is 24.4 Å². The molecule has 2 aliphatic heterocycles. The van der Waals surface area contributed by atoms with Crippen LogP contribution in [0.1, 0.15) is 23.2 Å². The Balaban J connectivity index is 0.00000161. The molecule has 21 heavy (non-hydrogen) atoms. The van der Waals surface area contributed by atoms with Crippen molar-refractivity contribution in [2.75, 3.05) is 33.4 Å². The van der Waals surface area contributed by atoms with E-state index in [1.807, 2.05) is 30.1 Å². The second kappa shape index (κ2) is 7.00. The highest BCUT2D eigenvalue weighted by Gasteiger charge is 2.27. The zero-order valence-corrected chi connectivity index (χ0v) is 12.9. The highest BCUT2D eigenvalue weighted by molar-refractivity contribution is 5.98. The number of carbonyl (C=O) groups is 1. The minimum atomic E-state index is 0. The third-order valence-corrected chi connectivity index (χ3v) is 3.94. The summed E-state index contributed by atoms with van der Waals surface area (Å²) in [6, 6.07) is 5.74. The van der Waals surface area contributed by atoms with E-state index >= 15 is 0 Å². The van der Waals surface area contributed by atoms with E-state index in [1.165, 1.54) is 0 Å². The first-order chi connectivity index (χ1) is 9.77. The summed E-state index contributed by atoms with van der Waals surface area (Å²) in [4.78, 5) is 14.5. The Kier molecular flexibility index (Phi) is 5.31. The minimum absolute atomic E-state index is 0. The lowest BCUT2D eigenvalue weighted by Crippen LogP contribution is -2.46. The van der Waals surface area contributed by atoms with Crippen LogP contribution in [0.25, 0.3) is 0 Å². The van der Waals surface area contributed by atoms with Gasteiger partial charge < -0.3 is 19.7 Å². The Morgan fingerprint density at radius 2 is 2.14 bits per heavy atom. The van der Waals surface area contributed by atoms with E-state index in [4.69, 9.17) is 9.47 Å². The van der Waals surface area contributed by atoms with Gasteiger partial charge in [0, 0.05) is 19.6 Å². The topological polar surface area (TPSA) is 50.8 Å². The molecule has 0 saturated carbocycles. The minimum Gasteiger partial charge on any atom is -0.486 e. The van der Waals surface area contributed by atoms with Crippen LogP contribution in [0.2, 0.25) is 0 Å². The van der Waals surface area contributed by atoms with Crippen LogP contribution in [0.3, 0.4) is 0 Å². The number of hydrogen-bond acceptors (Lipinski definition) is 4. The lowest BCUT2D eigenvalue weighted by Gasteiger charge is -2.32. The molecule has 2 heterocycles. The van der Waals surface area contributed by atoms with Crippen LogP contribution in [0.5, 0.6) is 11.5 Å². The highest BCUT2D eigenvalue weighted by atomic mass is 35.5. The van der Waals surface area contributed by atoms with Crippen LogP contribution < -0.4 is 14.8 Å². The number of ether oxygens (including phenoxy) is 2. The fourth-order valence-electron chi connectivity index (χ4n) is 2.76. The summed E-state index contributed by atoms with van der Waals surface area (Å²) in [6.07, 6.45) is 2.15. The van der Waals surface area contributed by atoms with Gasteiger partial charge in [0.25, 0.3) is 5.91 Å². The molecule has 0 bridgehead atoms. The van der Waals surface area contributed by atoms with Gasteiger partial charge in [0.15, 0.2) is 11.5 Å². The fourth-order valence-corrected chi connectivity index (χ4v) is 2.76. The predicted molar refractivity (Wildman–Crippen MR) is 82.7 cm³/mol. The Bertz CT molecular complexity index is 504. The lowest BCUT2D eigenvalue weighted by molar-refractivity contribution is 0.0698. The van der Waals surface area contributed by atoms with Gasteiger partial charge in [-0.2, -0.15) is 0 Å². The van der Waals surface area contributed by atoms with Crippen LogP contribution in [0.15, 0.2) is 18.2 Å². The number of halogens is 1. The molecule has 1 aromatic carbocycles. The summed E-state index contributed by atoms with van der Waals surface area (Å²) < 4.78 is 11.2. The first kappa shape index (κ1) is 15.9. The van der Waals surface area contributed by atoms with Crippen LogP contribution in [-0.2, 0) is 0 Å². The number of amides is 1. The largest absolute Gasteiger partial charge is 0.486 e. The maximum atomic E-state index is 12.7. The molecule has 0 unspecified atom stereocenters. The second-order valence-electron chi connectivity index (χ2n) is 5.25. The number of fused-ring (bicyclic) bond motifs is 1. The Morgan fingerprint density at radius 3 is 2.90 bits per heavy atom. The summed E-state index contributed by atoms with van der Waals surface area (Å²) in [5.41, 5.74) is 0.593. The van der Waals surface area contributed by atoms with Gasteiger partial charge in [0.2, 0.25) is 0 Å². The Labute approximate surface area is 131 Å². The van der Waals surface area contributed by atoms with Gasteiger partial charge in [-0.3, -0.25) is 4.79 Å². The highest BCUT2D eigenvalue weighted by Crippen LogP contribution is 2.34. The van der Waals surface area contributed by atoms with Crippen molar-refractivity contribution in [2.24, 2.45) is 0 Å². The smallest absolute Gasteiger partial charge is 0.257 e. The van der Waals surface area contributed by atoms with Crippen molar-refractivity contribution >= 4 is 18.3 Å². The zero-order valence-electron chi connectivity index (χ0n) is 12.1. The number of hydrogen-bond donors (Lipinski definition) is 1. The lowest BCUT2D eigenvalue weighted by atomic mass is 10.0. The van der Waals surface area contributed by atoms with Crippen LogP contribution in [0, 0.1) is 0 Å². The Hall–Kier alpha value is -1.46. The molecule has 0 radical (unpaired) electrons. The quantitative estimate of drug-likeness (QED) is 0.903. The summed E-state index contributed by atoms with van der Waals surface area (Å²) in [7, 11) is 1.86. The summed E-state index contributed by atoms with van der Waals surface area (Å²) >= 11 is 0. The average Bonchev–Trinajstić information content (AvgIpc) is 2.54. The van der Waals surface area contributed by atoms with Gasteiger partial charge in [-0.1, -0.05) is 6.07 Å². The van der Waals surface area contributed by atoms with Gasteiger partial charge in [0.05, 0.1) is 5.56 Å². The molecule has 2 aliphatic rings. The fraction of sp³-hybridized carbons (Fsp3) is 0.533.